The molecular formula is C10H18ClN3S. The Morgan fingerprint density at radius 1 is 1.40 bits per heavy atom. The SMILES string of the molecule is CCN(CCCl)c1nc(C(C)(C)C)ns1. The lowest BCUT2D eigenvalue weighted by Crippen LogP contribution is -2.25. The van der Waals surface area contributed by atoms with Gasteiger partial charge in [-0.2, -0.15) is 4.37 Å². The van der Waals surface area contributed by atoms with Crippen molar-refractivity contribution in [3.05, 3.63) is 5.82 Å². The molecule has 1 aromatic heterocycles. The van der Waals surface area contributed by atoms with Gasteiger partial charge in [0.2, 0.25) is 5.13 Å². The van der Waals surface area contributed by atoms with Gasteiger partial charge in [-0.25, -0.2) is 4.98 Å². The Morgan fingerprint density at radius 2 is 2.07 bits per heavy atom. The van der Waals surface area contributed by atoms with E-state index in [9.17, 15) is 0 Å². The summed E-state index contributed by atoms with van der Waals surface area (Å²) in [6.07, 6.45) is 0. The number of hydrogen-bond donors (Lipinski definition) is 0. The molecule has 0 fully saturated rings. The molecule has 0 bridgehead atoms. The molecule has 1 heterocycles. The van der Waals surface area contributed by atoms with Crippen LogP contribution >= 0.6 is 23.1 Å². The van der Waals surface area contributed by atoms with Gasteiger partial charge in [0.25, 0.3) is 0 Å². The largest absolute Gasteiger partial charge is 0.346 e. The second-order valence-corrected chi connectivity index (χ2v) is 5.53. The molecule has 1 aromatic rings. The second kappa shape index (κ2) is 5.12. The van der Waals surface area contributed by atoms with E-state index < -0.39 is 0 Å². The third kappa shape index (κ3) is 3.31. The van der Waals surface area contributed by atoms with Crippen molar-refractivity contribution >= 4 is 28.3 Å². The van der Waals surface area contributed by atoms with Gasteiger partial charge < -0.3 is 4.90 Å². The minimum Gasteiger partial charge on any atom is -0.346 e. The molecule has 0 aliphatic heterocycles. The van der Waals surface area contributed by atoms with Gasteiger partial charge in [0.15, 0.2) is 0 Å². The van der Waals surface area contributed by atoms with Gasteiger partial charge in [0, 0.05) is 35.9 Å². The van der Waals surface area contributed by atoms with Gasteiger partial charge in [0.05, 0.1) is 0 Å². The van der Waals surface area contributed by atoms with Gasteiger partial charge in [-0.1, -0.05) is 20.8 Å². The average molecular weight is 248 g/mol. The van der Waals surface area contributed by atoms with E-state index in [1.54, 1.807) is 0 Å². The molecule has 0 aliphatic carbocycles. The lowest BCUT2D eigenvalue weighted by atomic mass is 9.96. The normalized spacial score (nSPS) is 11.8. The summed E-state index contributed by atoms with van der Waals surface area (Å²) in [4.78, 5) is 6.70. The first-order chi connectivity index (χ1) is 6.99. The zero-order valence-electron chi connectivity index (χ0n) is 9.75. The summed E-state index contributed by atoms with van der Waals surface area (Å²) in [5.41, 5.74) is 0.0229. The van der Waals surface area contributed by atoms with E-state index in [0.717, 1.165) is 24.0 Å². The predicted molar refractivity (Wildman–Crippen MR) is 67.2 cm³/mol. The quantitative estimate of drug-likeness (QED) is 0.767. The minimum atomic E-state index is 0.0229. The maximum absolute atomic E-state index is 5.74. The van der Waals surface area contributed by atoms with E-state index in [1.165, 1.54) is 11.5 Å². The van der Waals surface area contributed by atoms with Crippen LogP contribution in [0.5, 0.6) is 0 Å². The summed E-state index contributed by atoms with van der Waals surface area (Å²) >= 11 is 7.19. The van der Waals surface area contributed by atoms with Crippen LogP contribution in [0, 0.1) is 0 Å². The fraction of sp³-hybridized carbons (Fsp3) is 0.800. The van der Waals surface area contributed by atoms with E-state index in [0.29, 0.717) is 5.88 Å². The first-order valence-electron chi connectivity index (χ1n) is 5.14. The van der Waals surface area contributed by atoms with Crippen LogP contribution in [-0.2, 0) is 5.41 Å². The number of halogens is 1. The molecule has 5 heteroatoms. The zero-order valence-corrected chi connectivity index (χ0v) is 11.3. The summed E-state index contributed by atoms with van der Waals surface area (Å²) in [6, 6.07) is 0. The standard InChI is InChI=1S/C10H18ClN3S/c1-5-14(7-6-11)9-12-8(13-15-9)10(2,3)4/h5-7H2,1-4H3. The summed E-state index contributed by atoms with van der Waals surface area (Å²) in [5, 5.41) is 0.975. The summed E-state index contributed by atoms with van der Waals surface area (Å²) in [6.45, 7) is 10.2. The third-order valence-corrected chi connectivity index (χ3v) is 3.04. The number of rotatable bonds is 4. The van der Waals surface area contributed by atoms with Crippen molar-refractivity contribution < 1.29 is 0 Å². The molecule has 15 heavy (non-hydrogen) atoms. The van der Waals surface area contributed by atoms with Crippen LogP contribution in [0.1, 0.15) is 33.5 Å². The average Bonchev–Trinajstić information content (AvgIpc) is 2.62. The summed E-state index contributed by atoms with van der Waals surface area (Å²) < 4.78 is 4.38. The molecule has 1 rings (SSSR count). The van der Waals surface area contributed by atoms with Crippen molar-refractivity contribution in [2.24, 2.45) is 0 Å². The molecule has 0 saturated heterocycles. The first kappa shape index (κ1) is 12.7. The van der Waals surface area contributed by atoms with Gasteiger partial charge >= 0.3 is 0 Å². The monoisotopic (exact) mass is 247 g/mol. The van der Waals surface area contributed by atoms with Gasteiger partial charge in [-0.05, 0) is 6.92 Å². The Bertz CT molecular complexity index is 306. The molecule has 0 unspecified atom stereocenters. The molecule has 0 spiro atoms. The molecule has 0 radical (unpaired) electrons. The molecule has 86 valence electrons. The van der Waals surface area contributed by atoms with Crippen LogP contribution in [0.4, 0.5) is 5.13 Å². The number of alkyl halides is 1. The molecule has 3 nitrogen and oxygen atoms in total. The van der Waals surface area contributed by atoms with E-state index >= 15 is 0 Å². The fourth-order valence-corrected chi connectivity index (χ4v) is 2.29. The Morgan fingerprint density at radius 3 is 2.47 bits per heavy atom. The summed E-state index contributed by atoms with van der Waals surface area (Å²) in [5.74, 6) is 1.54. The minimum absolute atomic E-state index is 0.0229. The zero-order chi connectivity index (χ0) is 11.5. The maximum atomic E-state index is 5.74. The number of hydrogen-bond acceptors (Lipinski definition) is 4. The molecule has 0 atom stereocenters. The van der Waals surface area contributed by atoms with Crippen molar-refractivity contribution in [2.75, 3.05) is 23.9 Å². The number of anilines is 1. The van der Waals surface area contributed by atoms with Crippen molar-refractivity contribution in [1.29, 1.82) is 0 Å². The van der Waals surface area contributed by atoms with Crippen molar-refractivity contribution in [2.45, 2.75) is 33.1 Å². The number of nitrogens with zero attached hydrogens (tertiary/aromatic N) is 3. The van der Waals surface area contributed by atoms with E-state index in [1.807, 2.05) is 0 Å². The number of aromatic nitrogens is 2. The van der Waals surface area contributed by atoms with Crippen LogP contribution in [-0.4, -0.2) is 28.3 Å². The topological polar surface area (TPSA) is 29.0 Å². The second-order valence-electron chi connectivity index (χ2n) is 4.42. The molecule has 0 N–H and O–H groups in total. The van der Waals surface area contributed by atoms with Crippen LogP contribution in [0.25, 0.3) is 0 Å². The van der Waals surface area contributed by atoms with Gasteiger partial charge in [-0.3, -0.25) is 0 Å². The third-order valence-electron chi connectivity index (χ3n) is 2.09. The molecule has 0 aliphatic rings. The molecular weight excluding hydrogens is 230 g/mol. The smallest absolute Gasteiger partial charge is 0.205 e. The Balaban J connectivity index is 2.82. The van der Waals surface area contributed by atoms with Crippen molar-refractivity contribution in [3.63, 3.8) is 0 Å². The molecule has 0 aromatic carbocycles. The highest BCUT2D eigenvalue weighted by atomic mass is 35.5. The van der Waals surface area contributed by atoms with E-state index in [2.05, 4.69) is 42.0 Å². The molecule has 0 amide bonds. The van der Waals surface area contributed by atoms with Crippen molar-refractivity contribution in [1.82, 2.24) is 9.36 Å². The Labute approximate surface area is 101 Å². The first-order valence-corrected chi connectivity index (χ1v) is 6.45. The van der Waals surface area contributed by atoms with Crippen LogP contribution in [0.3, 0.4) is 0 Å². The lowest BCUT2D eigenvalue weighted by molar-refractivity contribution is 0.554. The Hall–Kier alpha value is -0.350. The molecule has 0 saturated carbocycles. The van der Waals surface area contributed by atoms with Gasteiger partial charge in [0.1, 0.15) is 5.82 Å². The highest BCUT2D eigenvalue weighted by Gasteiger charge is 2.20. The van der Waals surface area contributed by atoms with Gasteiger partial charge in [-0.15, -0.1) is 11.6 Å². The van der Waals surface area contributed by atoms with Crippen LogP contribution in [0.2, 0.25) is 0 Å². The van der Waals surface area contributed by atoms with Crippen LogP contribution in [0.15, 0.2) is 0 Å². The van der Waals surface area contributed by atoms with E-state index in [-0.39, 0.29) is 5.41 Å². The van der Waals surface area contributed by atoms with Crippen molar-refractivity contribution in [3.8, 4) is 0 Å². The maximum Gasteiger partial charge on any atom is 0.205 e. The highest BCUT2D eigenvalue weighted by Crippen LogP contribution is 2.25. The fourth-order valence-electron chi connectivity index (χ4n) is 1.14. The Kier molecular flexibility index (Phi) is 4.34. The highest BCUT2D eigenvalue weighted by molar-refractivity contribution is 7.09. The predicted octanol–water partition coefficient (Wildman–Crippen LogP) is 2.90. The summed E-state index contributed by atoms with van der Waals surface area (Å²) in [7, 11) is 0. The lowest BCUT2D eigenvalue weighted by Gasteiger charge is -2.18. The van der Waals surface area contributed by atoms with E-state index in [4.69, 9.17) is 11.6 Å². The van der Waals surface area contributed by atoms with Crippen LogP contribution < -0.4 is 4.90 Å².